The van der Waals surface area contributed by atoms with E-state index in [-0.39, 0.29) is 12.1 Å². The molecule has 1 fully saturated rings. The Bertz CT molecular complexity index is 408. The number of hydrogen-bond acceptors (Lipinski definition) is 2. The number of rotatable bonds is 2. The quantitative estimate of drug-likeness (QED) is 0.832. The minimum atomic E-state index is -0.199. The molecule has 0 N–H and O–H groups in total. The van der Waals surface area contributed by atoms with Crippen LogP contribution in [0, 0.1) is 0 Å². The SMILES string of the molecule is CCOC(=O)N1CCCC1c1cccc(Br)c1. The maximum absolute atomic E-state index is 11.8. The Kier molecular flexibility index (Phi) is 4.05. The molecule has 0 radical (unpaired) electrons. The molecule has 0 bridgehead atoms. The zero-order valence-corrected chi connectivity index (χ0v) is 11.4. The number of likely N-dealkylation sites (tertiary alicyclic amines) is 1. The van der Waals surface area contributed by atoms with Gasteiger partial charge in [-0.25, -0.2) is 4.79 Å². The second-order valence-electron chi connectivity index (χ2n) is 4.11. The first-order valence-electron chi connectivity index (χ1n) is 5.91. The second-order valence-corrected chi connectivity index (χ2v) is 5.02. The van der Waals surface area contributed by atoms with Crippen LogP contribution in [-0.4, -0.2) is 24.1 Å². The zero-order valence-electron chi connectivity index (χ0n) is 9.86. The molecule has 3 nitrogen and oxygen atoms in total. The van der Waals surface area contributed by atoms with Crippen LogP contribution in [0.15, 0.2) is 28.7 Å². The summed E-state index contributed by atoms with van der Waals surface area (Å²) in [6.45, 7) is 3.05. The molecule has 1 saturated heterocycles. The van der Waals surface area contributed by atoms with Crippen LogP contribution in [0.2, 0.25) is 0 Å². The molecule has 92 valence electrons. The first kappa shape index (κ1) is 12.4. The third kappa shape index (κ3) is 2.80. The highest BCUT2D eigenvalue weighted by molar-refractivity contribution is 9.10. The van der Waals surface area contributed by atoms with Crippen molar-refractivity contribution in [3.63, 3.8) is 0 Å². The predicted octanol–water partition coefficient (Wildman–Crippen LogP) is 3.74. The fourth-order valence-electron chi connectivity index (χ4n) is 2.25. The molecule has 1 aliphatic heterocycles. The van der Waals surface area contributed by atoms with Crippen molar-refractivity contribution in [1.82, 2.24) is 4.90 Å². The van der Waals surface area contributed by atoms with Crippen LogP contribution in [0.1, 0.15) is 31.4 Å². The van der Waals surface area contributed by atoms with Gasteiger partial charge in [0.15, 0.2) is 0 Å². The van der Waals surface area contributed by atoms with Crippen LogP contribution < -0.4 is 0 Å². The van der Waals surface area contributed by atoms with Gasteiger partial charge >= 0.3 is 6.09 Å². The van der Waals surface area contributed by atoms with Gasteiger partial charge in [-0.2, -0.15) is 0 Å². The summed E-state index contributed by atoms with van der Waals surface area (Å²) in [5.41, 5.74) is 1.17. The molecule has 1 amide bonds. The summed E-state index contributed by atoms with van der Waals surface area (Å²) in [5.74, 6) is 0. The lowest BCUT2D eigenvalue weighted by atomic mass is 10.1. The van der Waals surface area contributed by atoms with E-state index < -0.39 is 0 Å². The molecule has 1 aliphatic rings. The van der Waals surface area contributed by atoms with E-state index >= 15 is 0 Å². The van der Waals surface area contributed by atoms with Crippen molar-refractivity contribution in [3.8, 4) is 0 Å². The Morgan fingerprint density at radius 1 is 1.59 bits per heavy atom. The first-order valence-corrected chi connectivity index (χ1v) is 6.70. The summed E-state index contributed by atoms with van der Waals surface area (Å²) in [5, 5.41) is 0. The number of benzene rings is 1. The van der Waals surface area contributed by atoms with Crippen LogP contribution >= 0.6 is 15.9 Å². The molecule has 0 spiro atoms. The van der Waals surface area contributed by atoms with Crippen LogP contribution in [-0.2, 0) is 4.74 Å². The van der Waals surface area contributed by atoms with Crippen molar-refractivity contribution in [1.29, 1.82) is 0 Å². The van der Waals surface area contributed by atoms with Crippen LogP contribution in [0.5, 0.6) is 0 Å². The fourth-order valence-corrected chi connectivity index (χ4v) is 2.67. The molecule has 0 aromatic heterocycles. The summed E-state index contributed by atoms with van der Waals surface area (Å²) in [4.78, 5) is 13.6. The Morgan fingerprint density at radius 2 is 2.41 bits per heavy atom. The van der Waals surface area contributed by atoms with E-state index in [0.717, 1.165) is 23.9 Å². The second kappa shape index (κ2) is 5.54. The Labute approximate surface area is 110 Å². The molecule has 1 heterocycles. The van der Waals surface area contributed by atoms with Gasteiger partial charge in [-0.3, -0.25) is 0 Å². The monoisotopic (exact) mass is 297 g/mol. The lowest BCUT2D eigenvalue weighted by Crippen LogP contribution is -2.31. The van der Waals surface area contributed by atoms with Crippen LogP contribution in [0.3, 0.4) is 0 Å². The maximum Gasteiger partial charge on any atom is 0.410 e. The molecule has 0 saturated carbocycles. The maximum atomic E-state index is 11.8. The smallest absolute Gasteiger partial charge is 0.410 e. The molecular formula is C13H16BrNO2. The van der Waals surface area contributed by atoms with Crippen molar-refractivity contribution < 1.29 is 9.53 Å². The lowest BCUT2D eigenvalue weighted by molar-refractivity contribution is 0.103. The van der Waals surface area contributed by atoms with Gasteiger partial charge in [0.05, 0.1) is 12.6 Å². The average molecular weight is 298 g/mol. The number of nitrogens with zero attached hydrogens (tertiary/aromatic N) is 1. The minimum Gasteiger partial charge on any atom is -0.450 e. The molecule has 1 unspecified atom stereocenters. The molecule has 1 aromatic rings. The molecule has 2 rings (SSSR count). The number of ether oxygens (including phenoxy) is 1. The van der Waals surface area contributed by atoms with E-state index in [1.807, 2.05) is 24.0 Å². The van der Waals surface area contributed by atoms with Gasteiger partial charge in [-0.05, 0) is 37.5 Å². The number of hydrogen-bond donors (Lipinski definition) is 0. The van der Waals surface area contributed by atoms with Gasteiger partial charge in [0, 0.05) is 11.0 Å². The first-order chi connectivity index (χ1) is 8.22. The standard InChI is InChI=1S/C13H16BrNO2/c1-2-17-13(16)15-8-4-7-12(15)10-5-3-6-11(14)9-10/h3,5-6,9,12H,2,4,7-8H2,1H3. The molecule has 17 heavy (non-hydrogen) atoms. The van der Waals surface area contributed by atoms with Gasteiger partial charge in [-0.15, -0.1) is 0 Å². The third-order valence-corrected chi connectivity index (χ3v) is 3.48. The van der Waals surface area contributed by atoms with Crippen molar-refractivity contribution in [2.45, 2.75) is 25.8 Å². The normalized spacial score (nSPS) is 19.4. The summed E-state index contributed by atoms with van der Waals surface area (Å²) in [6.07, 6.45) is 1.85. The number of amides is 1. The summed E-state index contributed by atoms with van der Waals surface area (Å²) >= 11 is 3.46. The third-order valence-electron chi connectivity index (χ3n) is 2.99. The van der Waals surface area contributed by atoms with E-state index in [1.54, 1.807) is 0 Å². The predicted molar refractivity (Wildman–Crippen MR) is 69.8 cm³/mol. The average Bonchev–Trinajstić information content (AvgIpc) is 2.78. The minimum absolute atomic E-state index is 0.159. The van der Waals surface area contributed by atoms with Crippen molar-refractivity contribution >= 4 is 22.0 Å². The van der Waals surface area contributed by atoms with E-state index in [4.69, 9.17) is 4.74 Å². The molecule has 0 aliphatic carbocycles. The molecule has 1 atom stereocenters. The number of halogens is 1. The van der Waals surface area contributed by atoms with Gasteiger partial charge < -0.3 is 9.64 Å². The highest BCUT2D eigenvalue weighted by atomic mass is 79.9. The largest absolute Gasteiger partial charge is 0.450 e. The Morgan fingerprint density at radius 3 is 3.12 bits per heavy atom. The molecule has 1 aromatic carbocycles. The van der Waals surface area contributed by atoms with Crippen LogP contribution in [0.25, 0.3) is 0 Å². The van der Waals surface area contributed by atoms with Gasteiger partial charge in [0.2, 0.25) is 0 Å². The summed E-state index contributed by atoms with van der Waals surface area (Å²) in [7, 11) is 0. The highest BCUT2D eigenvalue weighted by Crippen LogP contribution is 2.33. The highest BCUT2D eigenvalue weighted by Gasteiger charge is 2.30. The lowest BCUT2D eigenvalue weighted by Gasteiger charge is -2.24. The van der Waals surface area contributed by atoms with Crippen LogP contribution in [0.4, 0.5) is 4.79 Å². The summed E-state index contributed by atoms with van der Waals surface area (Å²) < 4.78 is 6.13. The van der Waals surface area contributed by atoms with E-state index in [0.29, 0.717) is 6.61 Å². The van der Waals surface area contributed by atoms with Crippen molar-refractivity contribution in [2.75, 3.05) is 13.2 Å². The van der Waals surface area contributed by atoms with Crippen molar-refractivity contribution in [2.24, 2.45) is 0 Å². The Hall–Kier alpha value is -1.03. The Balaban J connectivity index is 2.17. The fraction of sp³-hybridized carbons (Fsp3) is 0.462. The van der Waals surface area contributed by atoms with E-state index in [2.05, 4.69) is 28.1 Å². The zero-order chi connectivity index (χ0) is 12.3. The van der Waals surface area contributed by atoms with E-state index in [1.165, 1.54) is 5.56 Å². The molecule has 4 heteroatoms. The van der Waals surface area contributed by atoms with E-state index in [9.17, 15) is 4.79 Å². The topological polar surface area (TPSA) is 29.5 Å². The number of carbonyl (C=O) groups is 1. The van der Waals surface area contributed by atoms with Gasteiger partial charge in [-0.1, -0.05) is 28.1 Å². The number of carbonyl (C=O) groups excluding carboxylic acids is 1. The van der Waals surface area contributed by atoms with Gasteiger partial charge in [0.1, 0.15) is 0 Å². The molecular weight excluding hydrogens is 282 g/mol. The summed E-state index contributed by atoms with van der Waals surface area (Å²) in [6, 6.07) is 8.29. The van der Waals surface area contributed by atoms with Gasteiger partial charge in [0.25, 0.3) is 0 Å². The van der Waals surface area contributed by atoms with Crippen molar-refractivity contribution in [3.05, 3.63) is 34.3 Å².